The smallest absolute Gasteiger partial charge is 0.131 e. The molecule has 25 heavy (non-hydrogen) atoms. The summed E-state index contributed by atoms with van der Waals surface area (Å²) in [6, 6.07) is 15.6. The molecule has 0 amide bonds. The summed E-state index contributed by atoms with van der Waals surface area (Å²) in [4.78, 5) is 4.23. The second kappa shape index (κ2) is 5.83. The molecular formula is C20H16FN3O. The van der Waals surface area contributed by atoms with Gasteiger partial charge in [0.2, 0.25) is 0 Å². The van der Waals surface area contributed by atoms with E-state index in [0.29, 0.717) is 29.7 Å². The van der Waals surface area contributed by atoms with Crippen molar-refractivity contribution >= 4 is 0 Å². The van der Waals surface area contributed by atoms with E-state index < -0.39 is 5.60 Å². The third-order valence-corrected chi connectivity index (χ3v) is 4.95. The normalized spacial score (nSPS) is 22.2. The summed E-state index contributed by atoms with van der Waals surface area (Å²) in [5.41, 5.74) is 1.86. The van der Waals surface area contributed by atoms with Crippen molar-refractivity contribution in [3.8, 4) is 6.07 Å². The summed E-state index contributed by atoms with van der Waals surface area (Å²) >= 11 is 0. The van der Waals surface area contributed by atoms with E-state index in [0.717, 1.165) is 5.56 Å². The van der Waals surface area contributed by atoms with Gasteiger partial charge in [-0.1, -0.05) is 24.3 Å². The second-order valence-corrected chi connectivity index (χ2v) is 6.34. The Hall–Kier alpha value is -2.97. The van der Waals surface area contributed by atoms with Crippen LogP contribution < -0.4 is 0 Å². The molecule has 4 rings (SSSR count). The molecule has 1 aromatic heterocycles. The summed E-state index contributed by atoms with van der Waals surface area (Å²) in [7, 11) is 0. The number of imidazole rings is 1. The van der Waals surface area contributed by atoms with E-state index in [1.807, 2.05) is 16.7 Å². The average Bonchev–Trinajstić information content (AvgIpc) is 3.14. The van der Waals surface area contributed by atoms with E-state index in [4.69, 9.17) is 5.26 Å². The zero-order valence-corrected chi connectivity index (χ0v) is 13.4. The second-order valence-electron chi connectivity index (χ2n) is 6.34. The molecule has 0 saturated heterocycles. The molecular weight excluding hydrogens is 317 g/mol. The quantitative estimate of drug-likeness (QED) is 0.780. The lowest BCUT2D eigenvalue weighted by molar-refractivity contribution is 0.0419. The van der Waals surface area contributed by atoms with Gasteiger partial charge in [0.25, 0.3) is 0 Å². The van der Waals surface area contributed by atoms with Crippen LogP contribution in [0.2, 0.25) is 0 Å². The summed E-state index contributed by atoms with van der Waals surface area (Å²) in [6.45, 7) is 0. The third kappa shape index (κ3) is 2.51. The standard InChI is InChI=1S/C20H16FN3O/c21-17-7-5-16(6-8-17)20(25)10-9-18(24-13-23-12-19(20)24)15-3-1-14(11-22)2-4-15/h1-8,12-13,18,25H,9-10H2/t18-,20?/m1/s1. The number of nitriles is 1. The van der Waals surface area contributed by atoms with E-state index in [1.165, 1.54) is 12.1 Å². The van der Waals surface area contributed by atoms with Crippen LogP contribution in [0.15, 0.2) is 61.1 Å². The Morgan fingerprint density at radius 3 is 2.56 bits per heavy atom. The molecule has 2 aromatic carbocycles. The van der Waals surface area contributed by atoms with Gasteiger partial charge in [0.05, 0.1) is 35.9 Å². The van der Waals surface area contributed by atoms with E-state index in [9.17, 15) is 9.50 Å². The zero-order chi connectivity index (χ0) is 17.4. The van der Waals surface area contributed by atoms with E-state index in [-0.39, 0.29) is 11.9 Å². The van der Waals surface area contributed by atoms with Crippen molar-refractivity contribution in [1.29, 1.82) is 5.26 Å². The van der Waals surface area contributed by atoms with Crippen molar-refractivity contribution in [2.75, 3.05) is 0 Å². The molecule has 0 spiro atoms. The molecule has 4 nitrogen and oxygen atoms in total. The van der Waals surface area contributed by atoms with Crippen LogP contribution in [0.4, 0.5) is 4.39 Å². The molecule has 1 N–H and O–H groups in total. The molecule has 1 aliphatic rings. The van der Waals surface area contributed by atoms with E-state index in [2.05, 4.69) is 11.1 Å². The van der Waals surface area contributed by atoms with Crippen molar-refractivity contribution in [3.05, 3.63) is 89.3 Å². The highest BCUT2D eigenvalue weighted by Crippen LogP contribution is 2.43. The number of nitrogens with zero attached hydrogens (tertiary/aromatic N) is 3. The Morgan fingerprint density at radius 2 is 1.88 bits per heavy atom. The van der Waals surface area contributed by atoms with Gasteiger partial charge in [0.1, 0.15) is 11.4 Å². The number of aromatic nitrogens is 2. The molecule has 1 aliphatic heterocycles. The van der Waals surface area contributed by atoms with Crippen molar-refractivity contribution in [1.82, 2.24) is 9.55 Å². The fraction of sp³-hybridized carbons (Fsp3) is 0.200. The first-order valence-electron chi connectivity index (χ1n) is 8.12. The van der Waals surface area contributed by atoms with Gasteiger partial charge >= 0.3 is 0 Å². The summed E-state index contributed by atoms with van der Waals surface area (Å²) < 4.78 is 15.2. The maximum Gasteiger partial charge on any atom is 0.131 e. The highest BCUT2D eigenvalue weighted by Gasteiger charge is 2.40. The minimum absolute atomic E-state index is 0.0472. The SMILES string of the molecule is N#Cc1ccc([C@H]2CCC(O)(c3ccc(F)cc3)c3cncn32)cc1. The number of halogens is 1. The Bertz CT molecular complexity index is 940. The van der Waals surface area contributed by atoms with Crippen LogP contribution in [-0.2, 0) is 5.60 Å². The van der Waals surface area contributed by atoms with Crippen LogP contribution in [0, 0.1) is 17.1 Å². The lowest BCUT2D eigenvalue weighted by atomic mass is 9.80. The Balaban J connectivity index is 1.75. The summed E-state index contributed by atoms with van der Waals surface area (Å²) in [5, 5.41) is 20.2. The zero-order valence-electron chi connectivity index (χ0n) is 13.4. The highest BCUT2D eigenvalue weighted by atomic mass is 19.1. The van der Waals surface area contributed by atoms with Crippen molar-refractivity contribution in [2.45, 2.75) is 24.5 Å². The van der Waals surface area contributed by atoms with Gasteiger partial charge < -0.3 is 9.67 Å². The summed E-state index contributed by atoms with van der Waals surface area (Å²) in [6.07, 6.45) is 4.60. The van der Waals surface area contributed by atoms with Crippen molar-refractivity contribution in [2.24, 2.45) is 0 Å². The number of fused-ring (bicyclic) bond motifs is 1. The van der Waals surface area contributed by atoms with Crippen LogP contribution in [0.25, 0.3) is 0 Å². The molecule has 5 heteroatoms. The lowest BCUT2D eigenvalue weighted by Crippen LogP contribution is -2.36. The molecule has 0 aliphatic carbocycles. The highest BCUT2D eigenvalue weighted by molar-refractivity contribution is 5.37. The average molecular weight is 333 g/mol. The van der Waals surface area contributed by atoms with Gasteiger partial charge in [-0.2, -0.15) is 5.26 Å². The Kier molecular flexibility index (Phi) is 3.63. The maximum absolute atomic E-state index is 13.2. The first kappa shape index (κ1) is 15.6. The minimum Gasteiger partial charge on any atom is -0.379 e. The van der Waals surface area contributed by atoms with E-state index in [1.54, 1.807) is 36.8 Å². The van der Waals surface area contributed by atoms with Crippen LogP contribution in [-0.4, -0.2) is 14.7 Å². The van der Waals surface area contributed by atoms with Gasteiger partial charge in [-0.15, -0.1) is 0 Å². The number of benzene rings is 2. The predicted molar refractivity (Wildman–Crippen MR) is 90.2 cm³/mol. The number of rotatable bonds is 2. The van der Waals surface area contributed by atoms with Gasteiger partial charge in [0.15, 0.2) is 0 Å². The maximum atomic E-state index is 13.2. The minimum atomic E-state index is -1.19. The lowest BCUT2D eigenvalue weighted by Gasteiger charge is -2.38. The van der Waals surface area contributed by atoms with Crippen molar-refractivity contribution < 1.29 is 9.50 Å². The van der Waals surface area contributed by atoms with Crippen molar-refractivity contribution in [3.63, 3.8) is 0 Å². The van der Waals surface area contributed by atoms with Gasteiger partial charge in [0, 0.05) is 0 Å². The fourth-order valence-electron chi connectivity index (χ4n) is 3.61. The molecule has 0 radical (unpaired) electrons. The molecule has 0 saturated carbocycles. The predicted octanol–water partition coefficient (Wildman–Crippen LogP) is 3.51. The molecule has 124 valence electrons. The van der Waals surface area contributed by atoms with Gasteiger partial charge in [-0.05, 0) is 48.2 Å². The topological polar surface area (TPSA) is 61.8 Å². The van der Waals surface area contributed by atoms with Crippen LogP contribution >= 0.6 is 0 Å². The van der Waals surface area contributed by atoms with E-state index >= 15 is 0 Å². The molecule has 2 atom stereocenters. The monoisotopic (exact) mass is 333 g/mol. The first-order valence-corrected chi connectivity index (χ1v) is 8.12. The number of hydrogen-bond donors (Lipinski definition) is 1. The number of aliphatic hydroxyl groups is 1. The summed E-state index contributed by atoms with van der Waals surface area (Å²) in [5.74, 6) is -0.327. The molecule has 0 fully saturated rings. The van der Waals surface area contributed by atoms with Crippen LogP contribution in [0.5, 0.6) is 0 Å². The third-order valence-electron chi connectivity index (χ3n) is 4.95. The Morgan fingerprint density at radius 1 is 1.16 bits per heavy atom. The Labute approximate surface area is 144 Å². The molecule has 1 unspecified atom stereocenters. The van der Waals surface area contributed by atoms with Crippen LogP contribution in [0.3, 0.4) is 0 Å². The molecule has 3 aromatic rings. The molecule has 0 bridgehead atoms. The first-order chi connectivity index (χ1) is 12.1. The molecule has 2 heterocycles. The van der Waals surface area contributed by atoms with Gasteiger partial charge in [-0.3, -0.25) is 0 Å². The van der Waals surface area contributed by atoms with Gasteiger partial charge in [-0.25, -0.2) is 9.37 Å². The fourth-order valence-corrected chi connectivity index (χ4v) is 3.61. The van der Waals surface area contributed by atoms with Crippen LogP contribution in [0.1, 0.15) is 41.3 Å². The number of hydrogen-bond acceptors (Lipinski definition) is 3. The largest absolute Gasteiger partial charge is 0.379 e.